The standard InChI is InChI=1S/C32H50N2OS2/c1-3-5-7-9-11-13-16-27-25-33-31(34-26-27)28-18-20-29(21-19-28)32(36-22-15-23-37-32)24-30(35)17-14-12-10-8-6-4-2/h18-21,25-26,30,35H,3-17,22-24H2,1-2H3/t30-/m1/s1. The van der Waals surface area contributed by atoms with Gasteiger partial charge in [0.15, 0.2) is 5.82 Å². The Balaban J connectivity index is 1.54. The molecule has 1 N–H and O–H groups in total. The lowest BCUT2D eigenvalue weighted by atomic mass is 9.99. The van der Waals surface area contributed by atoms with E-state index in [2.05, 4.69) is 48.1 Å². The summed E-state index contributed by atoms with van der Waals surface area (Å²) in [5.74, 6) is 3.14. The summed E-state index contributed by atoms with van der Waals surface area (Å²) in [5.41, 5.74) is 3.64. The predicted octanol–water partition coefficient (Wildman–Crippen LogP) is 9.57. The Kier molecular flexibility index (Phi) is 14.4. The van der Waals surface area contributed by atoms with Crippen molar-refractivity contribution >= 4 is 23.5 Å². The molecule has 1 atom stereocenters. The Morgan fingerprint density at radius 1 is 0.784 bits per heavy atom. The van der Waals surface area contributed by atoms with Crippen LogP contribution in [-0.4, -0.2) is 32.7 Å². The largest absolute Gasteiger partial charge is 0.393 e. The van der Waals surface area contributed by atoms with Crippen LogP contribution in [0.15, 0.2) is 36.7 Å². The number of hydrogen-bond acceptors (Lipinski definition) is 5. The van der Waals surface area contributed by atoms with Crippen LogP contribution in [0.1, 0.15) is 121 Å². The number of hydrogen-bond donors (Lipinski definition) is 1. The summed E-state index contributed by atoms with van der Waals surface area (Å²) in [4.78, 5) is 9.37. The summed E-state index contributed by atoms with van der Waals surface area (Å²) in [5, 5.41) is 11.0. The second kappa shape index (κ2) is 17.5. The molecule has 1 fully saturated rings. The van der Waals surface area contributed by atoms with Crippen LogP contribution in [0.3, 0.4) is 0 Å². The van der Waals surface area contributed by atoms with Gasteiger partial charge >= 0.3 is 0 Å². The first-order valence-electron chi connectivity index (χ1n) is 15.0. The molecule has 1 aliphatic rings. The molecule has 1 saturated heterocycles. The quantitative estimate of drug-likeness (QED) is 0.190. The minimum Gasteiger partial charge on any atom is -0.393 e. The molecule has 3 rings (SSSR count). The molecule has 0 amide bonds. The summed E-state index contributed by atoms with van der Waals surface area (Å²) in [6.45, 7) is 4.52. The van der Waals surface area contributed by atoms with Gasteiger partial charge in [-0.25, -0.2) is 9.97 Å². The second-order valence-corrected chi connectivity index (χ2v) is 13.8. The van der Waals surface area contributed by atoms with Crippen molar-refractivity contribution in [3.63, 3.8) is 0 Å². The smallest absolute Gasteiger partial charge is 0.159 e. The predicted molar refractivity (Wildman–Crippen MR) is 164 cm³/mol. The molecule has 0 radical (unpaired) electrons. The van der Waals surface area contributed by atoms with Gasteiger partial charge in [-0.05, 0) is 48.3 Å². The Morgan fingerprint density at radius 3 is 1.97 bits per heavy atom. The molecular weight excluding hydrogens is 492 g/mol. The topological polar surface area (TPSA) is 46.0 Å². The van der Waals surface area contributed by atoms with E-state index in [1.54, 1.807) is 0 Å². The summed E-state index contributed by atoms with van der Waals surface area (Å²) < 4.78 is -0.0414. The first kappa shape index (κ1) is 30.5. The van der Waals surface area contributed by atoms with Crippen molar-refractivity contribution in [2.24, 2.45) is 0 Å². The number of nitrogens with zero attached hydrogens (tertiary/aromatic N) is 2. The van der Waals surface area contributed by atoms with E-state index in [4.69, 9.17) is 0 Å². The van der Waals surface area contributed by atoms with E-state index < -0.39 is 0 Å². The minimum atomic E-state index is -0.230. The van der Waals surface area contributed by atoms with Crippen LogP contribution in [0.25, 0.3) is 11.4 Å². The highest BCUT2D eigenvalue weighted by Crippen LogP contribution is 2.53. The van der Waals surface area contributed by atoms with Crippen LogP contribution in [0, 0.1) is 0 Å². The molecule has 2 aromatic rings. The Bertz CT molecular complexity index is 850. The summed E-state index contributed by atoms with van der Waals surface area (Å²) in [6.07, 6.45) is 23.4. The van der Waals surface area contributed by atoms with Crippen molar-refractivity contribution in [1.82, 2.24) is 9.97 Å². The van der Waals surface area contributed by atoms with Crippen LogP contribution in [0.5, 0.6) is 0 Å². The van der Waals surface area contributed by atoms with E-state index in [0.717, 1.165) is 37.1 Å². The molecular formula is C32H50N2OS2. The summed E-state index contributed by atoms with van der Waals surface area (Å²) >= 11 is 4.06. The van der Waals surface area contributed by atoms with Gasteiger partial charge < -0.3 is 5.11 Å². The molecule has 1 aromatic carbocycles. The fourth-order valence-corrected chi connectivity index (χ4v) is 8.64. The SMILES string of the molecule is CCCCCCCCc1cnc(-c2ccc(C3(C[C@H](O)CCCCCCCC)SCCCS3)cc2)nc1. The molecule has 0 bridgehead atoms. The third kappa shape index (κ3) is 10.6. The fraction of sp³-hybridized carbons (Fsp3) is 0.688. The molecule has 0 saturated carbocycles. The third-order valence-electron chi connectivity index (χ3n) is 7.46. The van der Waals surface area contributed by atoms with Crippen molar-refractivity contribution < 1.29 is 5.11 Å². The molecule has 3 nitrogen and oxygen atoms in total. The number of rotatable bonds is 18. The van der Waals surface area contributed by atoms with Gasteiger partial charge in [-0.1, -0.05) is 109 Å². The molecule has 1 aliphatic heterocycles. The van der Waals surface area contributed by atoms with Crippen molar-refractivity contribution in [2.45, 2.75) is 127 Å². The first-order valence-corrected chi connectivity index (χ1v) is 17.0. The number of aromatic nitrogens is 2. The van der Waals surface area contributed by atoms with Gasteiger partial charge in [-0.15, -0.1) is 23.5 Å². The van der Waals surface area contributed by atoms with Crippen LogP contribution < -0.4 is 0 Å². The maximum absolute atomic E-state index is 11.0. The molecule has 2 heterocycles. The number of thioether (sulfide) groups is 2. The minimum absolute atomic E-state index is 0.0414. The van der Waals surface area contributed by atoms with E-state index in [9.17, 15) is 5.11 Å². The van der Waals surface area contributed by atoms with Crippen LogP contribution in [0.2, 0.25) is 0 Å². The molecule has 5 heteroatoms. The van der Waals surface area contributed by atoms with E-state index in [0.29, 0.717) is 0 Å². The Hall–Kier alpha value is -1.04. The highest BCUT2D eigenvalue weighted by Gasteiger charge is 2.37. The van der Waals surface area contributed by atoms with Gasteiger partial charge in [0.1, 0.15) is 0 Å². The van der Waals surface area contributed by atoms with E-state index in [-0.39, 0.29) is 10.2 Å². The molecule has 1 aromatic heterocycles. The van der Waals surface area contributed by atoms with Crippen molar-refractivity contribution in [3.05, 3.63) is 47.8 Å². The van der Waals surface area contributed by atoms with Crippen molar-refractivity contribution in [2.75, 3.05) is 11.5 Å². The van der Waals surface area contributed by atoms with Gasteiger partial charge in [0, 0.05) is 24.4 Å². The normalized spacial score (nSPS) is 16.1. The van der Waals surface area contributed by atoms with Gasteiger partial charge in [0.05, 0.1) is 10.2 Å². The zero-order valence-electron chi connectivity index (χ0n) is 23.4. The Morgan fingerprint density at radius 2 is 1.35 bits per heavy atom. The highest BCUT2D eigenvalue weighted by molar-refractivity contribution is 8.18. The zero-order valence-corrected chi connectivity index (χ0v) is 25.1. The van der Waals surface area contributed by atoms with Gasteiger partial charge in [-0.3, -0.25) is 0 Å². The number of unbranched alkanes of at least 4 members (excludes halogenated alkanes) is 10. The number of aryl methyl sites for hydroxylation is 1. The lowest BCUT2D eigenvalue weighted by molar-refractivity contribution is 0.147. The molecule has 0 aliphatic carbocycles. The number of aliphatic hydroxyl groups excluding tert-OH is 1. The zero-order chi connectivity index (χ0) is 26.2. The monoisotopic (exact) mass is 542 g/mol. The number of benzene rings is 1. The van der Waals surface area contributed by atoms with Gasteiger partial charge in [0.25, 0.3) is 0 Å². The van der Waals surface area contributed by atoms with Crippen LogP contribution in [-0.2, 0) is 10.5 Å². The lowest BCUT2D eigenvalue weighted by Crippen LogP contribution is -2.28. The van der Waals surface area contributed by atoms with E-state index in [1.165, 1.54) is 99.7 Å². The van der Waals surface area contributed by atoms with Crippen molar-refractivity contribution in [1.29, 1.82) is 0 Å². The van der Waals surface area contributed by atoms with Crippen LogP contribution in [0.4, 0.5) is 0 Å². The number of aliphatic hydroxyl groups is 1. The highest BCUT2D eigenvalue weighted by atomic mass is 32.2. The van der Waals surface area contributed by atoms with Gasteiger partial charge in [0.2, 0.25) is 0 Å². The van der Waals surface area contributed by atoms with E-state index >= 15 is 0 Å². The molecule has 37 heavy (non-hydrogen) atoms. The molecule has 206 valence electrons. The molecule has 0 unspecified atom stereocenters. The lowest BCUT2D eigenvalue weighted by Gasteiger charge is -2.38. The fourth-order valence-electron chi connectivity index (χ4n) is 5.17. The average Bonchev–Trinajstić information content (AvgIpc) is 2.93. The Labute approximate surface area is 235 Å². The summed E-state index contributed by atoms with van der Waals surface area (Å²) in [7, 11) is 0. The third-order valence-corrected chi connectivity index (χ3v) is 10.9. The van der Waals surface area contributed by atoms with E-state index in [1.807, 2.05) is 35.9 Å². The van der Waals surface area contributed by atoms with Gasteiger partial charge in [-0.2, -0.15) is 0 Å². The average molecular weight is 543 g/mol. The summed E-state index contributed by atoms with van der Waals surface area (Å²) in [6, 6.07) is 8.86. The maximum atomic E-state index is 11.0. The first-order chi connectivity index (χ1) is 18.2. The maximum Gasteiger partial charge on any atom is 0.159 e. The molecule has 0 spiro atoms. The second-order valence-electron chi connectivity index (χ2n) is 10.7. The van der Waals surface area contributed by atoms with Crippen LogP contribution >= 0.6 is 23.5 Å². The van der Waals surface area contributed by atoms with Crippen molar-refractivity contribution in [3.8, 4) is 11.4 Å².